The topological polar surface area (TPSA) is 81.5 Å². The lowest BCUT2D eigenvalue weighted by Gasteiger charge is -2.02. The van der Waals surface area contributed by atoms with Gasteiger partial charge in [0.05, 0.1) is 12.7 Å². The maximum absolute atomic E-state index is 8.53. The summed E-state index contributed by atoms with van der Waals surface area (Å²) in [6.45, 7) is 0.299. The fourth-order valence-electron chi connectivity index (χ4n) is 0.179. The molecule has 0 saturated heterocycles. The summed E-state index contributed by atoms with van der Waals surface area (Å²) in [5, 5.41) is 8.53. The number of aliphatic hydroxyl groups is 1. The monoisotopic (exact) mass is 178 g/mol. The van der Waals surface area contributed by atoms with Gasteiger partial charge in [-0.3, -0.25) is 0 Å². The van der Waals surface area contributed by atoms with E-state index in [0.717, 1.165) is 0 Å². The van der Waals surface area contributed by atoms with Crippen molar-refractivity contribution < 1.29 is 9.94 Å². The third-order valence-corrected chi connectivity index (χ3v) is 0.561. The zero-order valence-electron chi connectivity index (χ0n) is 4.82. The second kappa shape index (κ2) is 11.2. The standard InChI is InChI=1S/C3H10N2O2.2ClH/c4-1-3(6)2-7-5;;/h3,6H,1-2,4-5H2;2*1H. The molecule has 1 unspecified atom stereocenters. The van der Waals surface area contributed by atoms with Crippen LogP contribution in [0.15, 0.2) is 0 Å². The molecule has 0 bridgehead atoms. The molecule has 0 aromatic rings. The molecule has 1 atom stereocenters. The number of halogens is 2. The Morgan fingerprint density at radius 1 is 1.44 bits per heavy atom. The molecular formula is C3H12Cl2N2O2. The van der Waals surface area contributed by atoms with Crippen molar-refractivity contribution in [1.29, 1.82) is 0 Å². The van der Waals surface area contributed by atoms with Gasteiger partial charge >= 0.3 is 0 Å². The van der Waals surface area contributed by atoms with E-state index >= 15 is 0 Å². The molecule has 0 aromatic carbocycles. The summed E-state index contributed by atoms with van der Waals surface area (Å²) in [7, 11) is 0. The first-order valence-corrected chi connectivity index (χ1v) is 2.01. The van der Waals surface area contributed by atoms with Gasteiger partial charge in [0.25, 0.3) is 0 Å². The van der Waals surface area contributed by atoms with E-state index in [4.69, 9.17) is 10.8 Å². The van der Waals surface area contributed by atoms with Crippen molar-refractivity contribution in [2.75, 3.05) is 13.2 Å². The maximum Gasteiger partial charge on any atom is 0.0951 e. The number of nitrogens with two attached hydrogens (primary N) is 2. The molecule has 5 N–H and O–H groups in total. The highest BCUT2D eigenvalue weighted by Crippen LogP contribution is 1.73. The van der Waals surface area contributed by atoms with Crippen LogP contribution in [0, 0.1) is 0 Å². The lowest BCUT2D eigenvalue weighted by atomic mass is 10.4. The van der Waals surface area contributed by atoms with Gasteiger partial charge in [-0.25, -0.2) is 5.90 Å². The molecule has 0 fully saturated rings. The Labute approximate surface area is 66.3 Å². The summed E-state index contributed by atoms with van der Waals surface area (Å²) in [6, 6.07) is 0. The van der Waals surface area contributed by atoms with Crippen LogP contribution in [0.3, 0.4) is 0 Å². The fraction of sp³-hybridized carbons (Fsp3) is 1.00. The van der Waals surface area contributed by atoms with Crippen molar-refractivity contribution in [1.82, 2.24) is 0 Å². The third-order valence-electron chi connectivity index (χ3n) is 0.561. The van der Waals surface area contributed by atoms with Crippen molar-refractivity contribution in [2.24, 2.45) is 11.6 Å². The molecule has 0 heterocycles. The molecule has 0 aliphatic heterocycles. The summed E-state index contributed by atoms with van der Waals surface area (Å²) < 4.78 is 0. The Balaban J connectivity index is -0.000000180. The molecule has 4 nitrogen and oxygen atoms in total. The second-order valence-electron chi connectivity index (χ2n) is 1.22. The molecule has 0 aromatic heterocycles. The molecule has 0 aliphatic rings. The maximum atomic E-state index is 8.53. The molecule has 0 amide bonds. The summed E-state index contributed by atoms with van der Waals surface area (Å²) in [4.78, 5) is 4.06. The molecule has 60 valence electrons. The normalized spacial score (nSPS) is 11.0. The Kier molecular flexibility index (Phi) is 20.2. The highest BCUT2D eigenvalue weighted by Gasteiger charge is 1.96. The first-order valence-electron chi connectivity index (χ1n) is 2.01. The van der Waals surface area contributed by atoms with Crippen molar-refractivity contribution >= 4 is 24.8 Å². The quantitative estimate of drug-likeness (QED) is 0.487. The van der Waals surface area contributed by atoms with E-state index in [2.05, 4.69) is 10.7 Å². The molecular weight excluding hydrogens is 167 g/mol. The SMILES string of the molecule is Cl.Cl.NCC(O)CON. The van der Waals surface area contributed by atoms with Crippen LogP contribution in [0.4, 0.5) is 0 Å². The molecule has 0 radical (unpaired) electrons. The van der Waals surface area contributed by atoms with Crippen LogP contribution in [0.5, 0.6) is 0 Å². The minimum atomic E-state index is -0.620. The molecule has 0 saturated carbocycles. The van der Waals surface area contributed by atoms with Gasteiger partial charge in [-0.05, 0) is 0 Å². The Morgan fingerprint density at radius 3 is 2.00 bits per heavy atom. The Bertz CT molecular complexity index is 48.8. The highest BCUT2D eigenvalue weighted by atomic mass is 35.5. The smallest absolute Gasteiger partial charge is 0.0951 e. The van der Waals surface area contributed by atoms with E-state index in [1.165, 1.54) is 0 Å². The van der Waals surface area contributed by atoms with Crippen LogP contribution in [-0.2, 0) is 4.84 Å². The summed E-state index contributed by atoms with van der Waals surface area (Å²) in [5.41, 5.74) is 4.97. The van der Waals surface area contributed by atoms with E-state index in [0.29, 0.717) is 0 Å². The van der Waals surface area contributed by atoms with Gasteiger partial charge in [0.15, 0.2) is 0 Å². The van der Waals surface area contributed by atoms with Crippen molar-refractivity contribution in [3.8, 4) is 0 Å². The van der Waals surface area contributed by atoms with Crippen molar-refractivity contribution in [3.63, 3.8) is 0 Å². The lowest BCUT2D eigenvalue weighted by molar-refractivity contribution is 0.0413. The van der Waals surface area contributed by atoms with Gasteiger partial charge in [0, 0.05) is 6.54 Å². The minimum absolute atomic E-state index is 0. The van der Waals surface area contributed by atoms with Crippen LogP contribution >= 0.6 is 24.8 Å². The summed E-state index contributed by atoms with van der Waals surface area (Å²) in [6.07, 6.45) is -0.620. The van der Waals surface area contributed by atoms with E-state index < -0.39 is 6.10 Å². The molecule has 0 aliphatic carbocycles. The number of hydrogen-bond acceptors (Lipinski definition) is 4. The zero-order valence-corrected chi connectivity index (χ0v) is 6.45. The number of rotatable bonds is 3. The summed E-state index contributed by atoms with van der Waals surface area (Å²) in [5.74, 6) is 4.59. The Morgan fingerprint density at radius 2 is 1.89 bits per heavy atom. The van der Waals surface area contributed by atoms with E-state index in [1.54, 1.807) is 0 Å². The second-order valence-corrected chi connectivity index (χ2v) is 1.22. The number of aliphatic hydroxyl groups excluding tert-OH is 1. The molecule has 6 heteroatoms. The average molecular weight is 179 g/mol. The van der Waals surface area contributed by atoms with Gasteiger partial charge in [0.1, 0.15) is 0 Å². The lowest BCUT2D eigenvalue weighted by Crippen LogP contribution is -2.26. The largest absolute Gasteiger partial charge is 0.389 e. The van der Waals surface area contributed by atoms with Crippen molar-refractivity contribution in [2.45, 2.75) is 6.10 Å². The van der Waals surface area contributed by atoms with Crippen LogP contribution in [0.25, 0.3) is 0 Å². The molecule has 0 rings (SSSR count). The van der Waals surface area contributed by atoms with E-state index in [9.17, 15) is 0 Å². The average Bonchev–Trinajstić information content (AvgIpc) is 1.68. The van der Waals surface area contributed by atoms with Crippen LogP contribution in [-0.4, -0.2) is 24.4 Å². The molecule has 9 heavy (non-hydrogen) atoms. The van der Waals surface area contributed by atoms with Gasteiger partial charge in [0.2, 0.25) is 0 Å². The van der Waals surface area contributed by atoms with E-state index in [-0.39, 0.29) is 38.0 Å². The predicted octanol–water partition coefficient (Wildman–Crippen LogP) is -0.960. The predicted molar refractivity (Wildman–Crippen MR) is 39.7 cm³/mol. The zero-order chi connectivity index (χ0) is 5.70. The number of hydrogen-bond donors (Lipinski definition) is 3. The first kappa shape index (κ1) is 16.2. The Hall–Kier alpha value is 0.420. The van der Waals surface area contributed by atoms with E-state index in [1.807, 2.05) is 0 Å². The fourth-order valence-corrected chi connectivity index (χ4v) is 0.179. The van der Waals surface area contributed by atoms with Gasteiger partial charge < -0.3 is 15.7 Å². The van der Waals surface area contributed by atoms with Crippen LogP contribution < -0.4 is 11.6 Å². The van der Waals surface area contributed by atoms with Crippen molar-refractivity contribution in [3.05, 3.63) is 0 Å². The molecule has 0 spiro atoms. The third kappa shape index (κ3) is 11.8. The summed E-state index contributed by atoms with van der Waals surface area (Å²) >= 11 is 0. The minimum Gasteiger partial charge on any atom is -0.389 e. The van der Waals surface area contributed by atoms with Crippen LogP contribution in [0.2, 0.25) is 0 Å². The van der Waals surface area contributed by atoms with Crippen LogP contribution in [0.1, 0.15) is 0 Å². The van der Waals surface area contributed by atoms with Gasteiger partial charge in [-0.2, -0.15) is 0 Å². The highest BCUT2D eigenvalue weighted by molar-refractivity contribution is 5.85. The van der Waals surface area contributed by atoms with Gasteiger partial charge in [-0.15, -0.1) is 24.8 Å². The van der Waals surface area contributed by atoms with Gasteiger partial charge in [-0.1, -0.05) is 0 Å². The first-order chi connectivity index (χ1) is 3.31.